The first kappa shape index (κ1) is 13.2. The van der Waals surface area contributed by atoms with Gasteiger partial charge in [-0.15, -0.1) is 0 Å². The summed E-state index contributed by atoms with van der Waals surface area (Å²) in [7, 11) is 0. The summed E-state index contributed by atoms with van der Waals surface area (Å²) in [5.41, 5.74) is -0.533. The summed E-state index contributed by atoms with van der Waals surface area (Å²) in [5, 5.41) is 10.2. The molecule has 88 valence electrons. The number of hydrogen-bond acceptors (Lipinski definition) is 3. The standard InChI is InChI=1S/C12H15BrO3/c1-3-16-11(14)8-12(2,15)9-6-4-5-7-10(9)13/h4-7,15H,3,8H2,1-2H3. The van der Waals surface area contributed by atoms with E-state index in [4.69, 9.17) is 4.74 Å². The van der Waals surface area contributed by atoms with E-state index in [1.807, 2.05) is 18.2 Å². The van der Waals surface area contributed by atoms with Crippen LogP contribution in [0, 0.1) is 0 Å². The fraction of sp³-hybridized carbons (Fsp3) is 0.417. The van der Waals surface area contributed by atoms with Crippen molar-refractivity contribution in [1.29, 1.82) is 0 Å². The normalized spacial score (nSPS) is 14.2. The lowest BCUT2D eigenvalue weighted by Gasteiger charge is -2.23. The van der Waals surface area contributed by atoms with Gasteiger partial charge in [0, 0.05) is 4.47 Å². The zero-order chi connectivity index (χ0) is 12.2. The molecule has 16 heavy (non-hydrogen) atoms. The highest BCUT2D eigenvalue weighted by atomic mass is 79.9. The van der Waals surface area contributed by atoms with Gasteiger partial charge in [0.2, 0.25) is 0 Å². The number of carbonyl (C=O) groups excluding carboxylic acids is 1. The van der Waals surface area contributed by atoms with Crippen LogP contribution in [0.3, 0.4) is 0 Å². The van der Waals surface area contributed by atoms with Gasteiger partial charge < -0.3 is 9.84 Å². The van der Waals surface area contributed by atoms with Crippen molar-refractivity contribution < 1.29 is 14.6 Å². The predicted octanol–water partition coefficient (Wildman–Crippen LogP) is 2.61. The Bertz CT molecular complexity index is 374. The Kier molecular flexibility index (Phi) is 4.50. The quantitative estimate of drug-likeness (QED) is 0.866. The minimum absolute atomic E-state index is 0.0521. The van der Waals surface area contributed by atoms with Gasteiger partial charge in [0.1, 0.15) is 0 Å². The van der Waals surface area contributed by atoms with Crippen LogP contribution in [-0.4, -0.2) is 17.7 Å². The summed E-state index contributed by atoms with van der Waals surface area (Å²) >= 11 is 3.35. The largest absolute Gasteiger partial charge is 0.466 e. The Morgan fingerprint density at radius 2 is 2.12 bits per heavy atom. The monoisotopic (exact) mass is 286 g/mol. The van der Waals surface area contributed by atoms with E-state index in [0.29, 0.717) is 12.2 Å². The van der Waals surface area contributed by atoms with Gasteiger partial charge in [-0.2, -0.15) is 0 Å². The van der Waals surface area contributed by atoms with E-state index >= 15 is 0 Å². The lowest BCUT2D eigenvalue weighted by Crippen LogP contribution is -2.26. The van der Waals surface area contributed by atoms with E-state index in [1.54, 1.807) is 19.9 Å². The van der Waals surface area contributed by atoms with Crippen molar-refractivity contribution in [3.05, 3.63) is 34.3 Å². The van der Waals surface area contributed by atoms with E-state index in [2.05, 4.69) is 15.9 Å². The molecule has 1 unspecified atom stereocenters. The van der Waals surface area contributed by atoms with Gasteiger partial charge in [0.15, 0.2) is 0 Å². The minimum atomic E-state index is -1.22. The van der Waals surface area contributed by atoms with Crippen LogP contribution in [0.1, 0.15) is 25.8 Å². The van der Waals surface area contributed by atoms with E-state index < -0.39 is 11.6 Å². The van der Waals surface area contributed by atoms with Gasteiger partial charge in [-0.3, -0.25) is 4.79 Å². The molecule has 0 fully saturated rings. The highest BCUT2D eigenvalue weighted by Gasteiger charge is 2.29. The Morgan fingerprint density at radius 1 is 1.50 bits per heavy atom. The number of halogens is 1. The molecular weight excluding hydrogens is 272 g/mol. The molecule has 1 aromatic rings. The number of rotatable bonds is 4. The van der Waals surface area contributed by atoms with Crippen LogP contribution in [0.25, 0.3) is 0 Å². The first-order valence-electron chi connectivity index (χ1n) is 5.10. The zero-order valence-electron chi connectivity index (χ0n) is 9.37. The Balaban J connectivity index is 2.85. The molecule has 0 heterocycles. The van der Waals surface area contributed by atoms with E-state index in [-0.39, 0.29) is 6.42 Å². The molecule has 0 aliphatic rings. The summed E-state index contributed by atoms with van der Waals surface area (Å²) in [6, 6.07) is 7.28. The van der Waals surface area contributed by atoms with Crippen molar-refractivity contribution in [2.45, 2.75) is 25.9 Å². The maximum atomic E-state index is 11.3. The number of aliphatic hydroxyl groups is 1. The molecule has 4 heteroatoms. The number of esters is 1. The average molecular weight is 287 g/mol. The van der Waals surface area contributed by atoms with Crippen molar-refractivity contribution in [2.24, 2.45) is 0 Å². The Hall–Kier alpha value is -0.870. The van der Waals surface area contributed by atoms with E-state index in [0.717, 1.165) is 4.47 Å². The van der Waals surface area contributed by atoms with Crippen molar-refractivity contribution in [3.8, 4) is 0 Å². The van der Waals surface area contributed by atoms with Crippen LogP contribution >= 0.6 is 15.9 Å². The highest BCUT2D eigenvalue weighted by molar-refractivity contribution is 9.10. The molecule has 0 aromatic heterocycles. The molecule has 0 aliphatic heterocycles. The van der Waals surface area contributed by atoms with Crippen molar-refractivity contribution >= 4 is 21.9 Å². The van der Waals surface area contributed by atoms with Gasteiger partial charge in [0.25, 0.3) is 0 Å². The molecule has 0 amide bonds. The lowest BCUT2D eigenvalue weighted by molar-refractivity contribution is -0.148. The summed E-state index contributed by atoms with van der Waals surface area (Å²) in [4.78, 5) is 11.3. The molecule has 3 nitrogen and oxygen atoms in total. The van der Waals surface area contributed by atoms with Gasteiger partial charge in [-0.25, -0.2) is 0 Å². The van der Waals surface area contributed by atoms with Crippen molar-refractivity contribution in [2.75, 3.05) is 6.61 Å². The Morgan fingerprint density at radius 3 is 2.69 bits per heavy atom. The number of hydrogen-bond donors (Lipinski definition) is 1. The summed E-state index contributed by atoms with van der Waals surface area (Å²) in [6.07, 6.45) is -0.0521. The minimum Gasteiger partial charge on any atom is -0.466 e. The second-order valence-corrected chi connectivity index (χ2v) is 4.59. The van der Waals surface area contributed by atoms with Crippen LogP contribution in [-0.2, 0) is 15.1 Å². The van der Waals surface area contributed by atoms with Crippen LogP contribution < -0.4 is 0 Å². The van der Waals surface area contributed by atoms with Gasteiger partial charge >= 0.3 is 5.97 Å². The number of ether oxygens (including phenoxy) is 1. The summed E-state index contributed by atoms with van der Waals surface area (Å²) < 4.78 is 5.61. The van der Waals surface area contributed by atoms with Crippen LogP contribution in [0.2, 0.25) is 0 Å². The molecular formula is C12H15BrO3. The molecule has 0 aliphatic carbocycles. The van der Waals surface area contributed by atoms with E-state index in [9.17, 15) is 9.90 Å². The number of carbonyl (C=O) groups is 1. The first-order chi connectivity index (χ1) is 7.47. The molecule has 1 atom stereocenters. The SMILES string of the molecule is CCOC(=O)CC(C)(O)c1ccccc1Br. The highest BCUT2D eigenvalue weighted by Crippen LogP contribution is 2.30. The molecule has 1 aromatic carbocycles. The maximum Gasteiger partial charge on any atom is 0.309 e. The Labute approximate surface area is 104 Å². The van der Waals surface area contributed by atoms with Gasteiger partial charge in [-0.1, -0.05) is 34.1 Å². The van der Waals surface area contributed by atoms with Crippen molar-refractivity contribution in [3.63, 3.8) is 0 Å². The third-order valence-corrected chi connectivity index (χ3v) is 2.94. The molecule has 1 rings (SSSR count). The van der Waals surface area contributed by atoms with Gasteiger partial charge in [0.05, 0.1) is 18.6 Å². The molecule has 0 saturated heterocycles. The van der Waals surface area contributed by atoms with Crippen LogP contribution in [0.5, 0.6) is 0 Å². The molecule has 0 radical (unpaired) electrons. The molecule has 1 N–H and O–H groups in total. The molecule has 0 bridgehead atoms. The summed E-state index contributed by atoms with van der Waals surface area (Å²) in [6.45, 7) is 3.67. The first-order valence-corrected chi connectivity index (χ1v) is 5.89. The molecule has 0 saturated carbocycles. The van der Waals surface area contributed by atoms with Gasteiger partial charge in [-0.05, 0) is 25.5 Å². The smallest absolute Gasteiger partial charge is 0.309 e. The summed E-state index contributed by atoms with van der Waals surface area (Å²) in [5.74, 6) is -0.400. The predicted molar refractivity (Wildman–Crippen MR) is 65.0 cm³/mol. The van der Waals surface area contributed by atoms with Crippen LogP contribution in [0.4, 0.5) is 0 Å². The van der Waals surface area contributed by atoms with Crippen molar-refractivity contribution in [1.82, 2.24) is 0 Å². The van der Waals surface area contributed by atoms with Crippen LogP contribution in [0.15, 0.2) is 28.7 Å². The number of benzene rings is 1. The van der Waals surface area contributed by atoms with E-state index in [1.165, 1.54) is 0 Å². The lowest BCUT2D eigenvalue weighted by atomic mass is 9.93. The third-order valence-electron chi connectivity index (χ3n) is 2.25. The fourth-order valence-electron chi connectivity index (χ4n) is 1.49. The average Bonchev–Trinajstić information content (AvgIpc) is 2.17. The fourth-order valence-corrected chi connectivity index (χ4v) is 2.20. The second kappa shape index (κ2) is 5.46. The molecule has 0 spiro atoms. The zero-order valence-corrected chi connectivity index (χ0v) is 11.0. The third kappa shape index (κ3) is 3.32. The maximum absolute atomic E-state index is 11.3. The topological polar surface area (TPSA) is 46.5 Å². The second-order valence-electron chi connectivity index (χ2n) is 3.74.